The molecule has 0 spiro atoms. The summed E-state index contributed by atoms with van der Waals surface area (Å²) in [5.74, 6) is 4.01. The quantitative estimate of drug-likeness (QED) is 0.689. The topological polar surface area (TPSA) is 64.8 Å². The molecule has 0 N–H and O–H groups in total. The van der Waals surface area contributed by atoms with Crippen LogP contribution >= 0.6 is 0 Å². The van der Waals surface area contributed by atoms with Gasteiger partial charge in [-0.25, -0.2) is 4.98 Å². The van der Waals surface area contributed by atoms with Crippen molar-refractivity contribution >= 4 is 16.6 Å². The molecule has 0 amide bonds. The molecule has 0 bridgehead atoms. The summed E-state index contributed by atoms with van der Waals surface area (Å²) in [6.07, 6.45) is 3.37. The smallest absolute Gasteiger partial charge is 0.171 e. The minimum Gasteiger partial charge on any atom is -0.493 e. The molecule has 0 unspecified atom stereocenters. The fourth-order valence-corrected chi connectivity index (χ4v) is 4.06. The molecule has 7 heteroatoms. The summed E-state index contributed by atoms with van der Waals surface area (Å²) in [6, 6.07) is 3.85. The van der Waals surface area contributed by atoms with Gasteiger partial charge in [0.2, 0.25) is 0 Å². The number of rotatable bonds is 5. The zero-order chi connectivity index (χ0) is 19.0. The summed E-state index contributed by atoms with van der Waals surface area (Å²) >= 11 is 0. The first-order valence-electron chi connectivity index (χ1n) is 9.65. The zero-order valence-corrected chi connectivity index (χ0v) is 16.5. The Kier molecular flexibility index (Phi) is 4.86. The van der Waals surface area contributed by atoms with Crippen LogP contribution in [0.5, 0.6) is 11.5 Å². The molecule has 1 atom stereocenters. The number of benzene rings is 1. The highest BCUT2D eigenvalue weighted by Gasteiger charge is 2.21. The van der Waals surface area contributed by atoms with E-state index in [9.17, 15) is 0 Å². The van der Waals surface area contributed by atoms with Gasteiger partial charge in [-0.15, -0.1) is 10.2 Å². The number of nitrogens with zero attached hydrogens (tertiary/aromatic N) is 5. The van der Waals surface area contributed by atoms with Gasteiger partial charge in [0.05, 0.1) is 26.3 Å². The maximum Gasteiger partial charge on any atom is 0.171 e. The standard InChI is InChI=1S/C20H27N5O2/c1-5-18-21-15-10-17(27-4)16(26-3)9-14(15)20-23-22-19(25(18)20)12-24-8-6-7-13(2)11-24/h9-10,13H,5-8,11-12H2,1-4H3/t13-/m0/s1. The monoisotopic (exact) mass is 369 g/mol. The van der Waals surface area contributed by atoms with E-state index in [4.69, 9.17) is 14.5 Å². The molecular formula is C20H27N5O2. The fraction of sp³-hybridized carbons (Fsp3) is 0.550. The van der Waals surface area contributed by atoms with Crippen LogP contribution in [0.4, 0.5) is 0 Å². The highest BCUT2D eigenvalue weighted by atomic mass is 16.5. The fourth-order valence-electron chi connectivity index (χ4n) is 4.06. The Morgan fingerprint density at radius 1 is 1.11 bits per heavy atom. The second kappa shape index (κ2) is 7.31. The first kappa shape index (κ1) is 18.0. The second-order valence-corrected chi connectivity index (χ2v) is 7.36. The molecule has 144 valence electrons. The molecule has 1 aromatic carbocycles. The molecule has 3 aromatic rings. The summed E-state index contributed by atoms with van der Waals surface area (Å²) in [5, 5.41) is 9.98. The van der Waals surface area contributed by atoms with Crippen molar-refractivity contribution in [2.45, 2.75) is 39.7 Å². The van der Waals surface area contributed by atoms with Crippen molar-refractivity contribution in [2.75, 3.05) is 27.3 Å². The third kappa shape index (κ3) is 3.20. The second-order valence-electron chi connectivity index (χ2n) is 7.36. The number of methoxy groups -OCH3 is 2. The van der Waals surface area contributed by atoms with Crippen molar-refractivity contribution < 1.29 is 9.47 Å². The first-order valence-corrected chi connectivity index (χ1v) is 9.65. The Morgan fingerprint density at radius 2 is 1.89 bits per heavy atom. The highest BCUT2D eigenvalue weighted by Crippen LogP contribution is 2.33. The van der Waals surface area contributed by atoms with Crippen LogP contribution in [0.15, 0.2) is 12.1 Å². The molecule has 3 heterocycles. The lowest BCUT2D eigenvalue weighted by Crippen LogP contribution is -2.34. The van der Waals surface area contributed by atoms with Crippen molar-refractivity contribution in [3.05, 3.63) is 23.8 Å². The number of aryl methyl sites for hydroxylation is 1. The average Bonchev–Trinajstić information content (AvgIpc) is 3.10. The van der Waals surface area contributed by atoms with Gasteiger partial charge in [-0.2, -0.15) is 0 Å². The van der Waals surface area contributed by atoms with Gasteiger partial charge < -0.3 is 9.47 Å². The molecule has 2 aromatic heterocycles. The number of ether oxygens (including phenoxy) is 2. The van der Waals surface area contributed by atoms with E-state index in [1.165, 1.54) is 12.8 Å². The number of piperidine rings is 1. The normalized spacial score (nSPS) is 18.3. The lowest BCUT2D eigenvalue weighted by Gasteiger charge is -2.30. The Balaban J connectivity index is 1.84. The third-order valence-corrected chi connectivity index (χ3v) is 5.40. The minimum absolute atomic E-state index is 0.672. The van der Waals surface area contributed by atoms with Crippen LogP contribution in [0.25, 0.3) is 16.6 Å². The van der Waals surface area contributed by atoms with Gasteiger partial charge in [0, 0.05) is 24.4 Å². The van der Waals surface area contributed by atoms with E-state index in [2.05, 4.69) is 33.3 Å². The SMILES string of the molecule is CCc1nc2cc(OC)c(OC)cc2c2nnc(CN3CCC[C@H](C)C3)n12. The van der Waals surface area contributed by atoms with Gasteiger partial charge in [0.15, 0.2) is 23.0 Å². The molecule has 0 aliphatic carbocycles. The van der Waals surface area contributed by atoms with Crippen molar-refractivity contribution in [3.8, 4) is 11.5 Å². The lowest BCUT2D eigenvalue weighted by atomic mass is 10.0. The molecule has 7 nitrogen and oxygen atoms in total. The maximum atomic E-state index is 5.47. The number of hydrogen-bond acceptors (Lipinski definition) is 6. The summed E-state index contributed by atoms with van der Waals surface area (Å²) in [7, 11) is 3.28. The van der Waals surface area contributed by atoms with Crippen LogP contribution < -0.4 is 9.47 Å². The first-order chi connectivity index (χ1) is 13.1. The predicted octanol–water partition coefficient (Wildman–Crippen LogP) is 3.09. The van der Waals surface area contributed by atoms with E-state index < -0.39 is 0 Å². The van der Waals surface area contributed by atoms with Gasteiger partial charge in [-0.3, -0.25) is 9.30 Å². The number of likely N-dealkylation sites (tertiary alicyclic amines) is 1. The Labute approximate surface area is 159 Å². The number of hydrogen-bond donors (Lipinski definition) is 0. The van der Waals surface area contributed by atoms with Crippen LogP contribution in [0.3, 0.4) is 0 Å². The van der Waals surface area contributed by atoms with Crippen molar-refractivity contribution in [2.24, 2.45) is 5.92 Å². The van der Waals surface area contributed by atoms with Crippen molar-refractivity contribution in [1.29, 1.82) is 0 Å². The summed E-state index contributed by atoms with van der Waals surface area (Å²) < 4.78 is 13.0. The summed E-state index contributed by atoms with van der Waals surface area (Å²) in [4.78, 5) is 7.35. The Hall–Kier alpha value is -2.41. The van der Waals surface area contributed by atoms with Gasteiger partial charge in [-0.1, -0.05) is 13.8 Å². The molecule has 1 saturated heterocycles. The lowest BCUT2D eigenvalue weighted by molar-refractivity contribution is 0.172. The van der Waals surface area contributed by atoms with Crippen LogP contribution in [0.1, 0.15) is 38.3 Å². The Morgan fingerprint density at radius 3 is 2.59 bits per heavy atom. The zero-order valence-electron chi connectivity index (χ0n) is 16.5. The van der Waals surface area contributed by atoms with Crippen LogP contribution in [0, 0.1) is 5.92 Å². The molecular weight excluding hydrogens is 342 g/mol. The molecule has 27 heavy (non-hydrogen) atoms. The van der Waals surface area contributed by atoms with Gasteiger partial charge >= 0.3 is 0 Å². The molecule has 1 aliphatic rings. The van der Waals surface area contributed by atoms with E-state index in [0.717, 1.165) is 60.2 Å². The van der Waals surface area contributed by atoms with E-state index in [-0.39, 0.29) is 0 Å². The summed E-state index contributed by atoms with van der Waals surface area (Å²) in [5.41, 5.74) is 1.68. The van der Waals surface area contributed by atoms with E-state index in [1.807, 2.05) is 12.1 Å². The molecule has 1 fully saturated rings. The van der Waals surface area contributed by atoms with Crippen molar-refractivity contribution in [1.82, 2.24) is 24.5 Å². The van der Waals surface area contributed by atoms with Crippen LogP contribution in [0.2, 0.25) is 0 Å². The molecule has 4 rings (SSSR count). The molecule has 1 aliphatic heterocycles. The third-order valence-electron chi connectivity index (χ3n) is 5.40. The van der Waals surface area contributed by atoms with E-state index in [1.54, 1.807) is 14.2 Å². The molecule has 0 radical (unpaired) electrons. The maximum absolute atomic E-state index is 5.47. The largest absolute Gasteiger partial charge is 0.493 e. The van der Waals surface area contributed by atoms with Gasteiger partial charge in [0.25, 0.3) is 0 Å². The average molecular weight is 369 g/mol. The van der Waals surface area contributed by atoms with E-state index >= 15 is 0 Å². The minimum atomic E-state index is 0.672. The highest BCUT2D eigenvalue weighted by molar-refractivity contribution is 5.93. The van der Waals surface area contributed by atoms with Crippen LogP contribution in [-0.2, 0) is 13.0 Å². The van der Waals surface area contributed by atoms with Gasteiger partial charge in [-0.05, 0) is 31.4 Å². The van der Waals surface area contributed by atoms with Crippen molar-refractivity contribution in [3.63, 3.8) is 0 Å². The predicted molar refractivity (Wildman–Crippen MR) is 104 cm³/mol. The van der Waals surface area contributed by atoms with Crippen LogP contribution in [-0.4, -0.2) is 51.8 Å². The molecule has 0 saturated carbocycles. The Bertz CT molecular complexity index is 968. The summed E-state index contributed by atoms with van der Waals surface area (Å²) in [6.45, 7) is 7.47. The van der Waals surface area contributed by atoms with Gasteiger partial charge in [0.1, 0.15) is 5.82 Å². The van der Waals surface area contributed by atoms with E-state index in [0.29, 0.717) is 11.5 Å². The number of fused-ring (bicyclic) bond motifs is 3. The number of aromatic nitrogens is 4.